The molecule has 4 nitrogen and oxygen atoms in total. The fraction of sp³-hybridized carbons (Fsp3) is 0.158. The highest BCUT2D eigenvalue weighted by Gasteiger charge is 2.49. The van der Waals surface area contributed by atoms with Crippen LogP contribution in [0.3, 0.4) is 0 Å². The van der Waals surface area contributed by atoms with Gasteiger partial charge in [0.1, 0.15) is 12.1 Å². The molecule has 3 heterocycles. The van der Waals surface area contributed by atoms with Crippen LogP contribution in [-0.4, -0.2) is 6.85 Å². The molecule has 204 valence electrons. The molecule has 0 atom stereocenters. The van der Waals surface area contributed by atoms with Gasteiger partial charge >= 0.3 is 6.85 Å². The summed E-state index contributed by atoms with van der Waals surface area (Å²) in [4.78, 5) is 4.74. The van der Waals surface area contributed by atoms with Crippen LogP contribution < -0.4 is 20.6 Å². The zero-order valence-corrected chi connectivity index (χ0v) is 24.7. The Balaban J connectivity index is 1.53. The third-order valence-corrected chi connectivity index (χ3v) is 9.95. The summed E-state index contributed by atoms with van der Waals surface area (Å²) in [6.45, 7) is 8.75. The van der Waals surface area contributed by atoms with Crippen LogP contribution in [0.15, 0.2) is 103 Å². The molecule has 0 saturated heterocycles. The van der Waals surface area contributed by atoms with Gasteiger partial charge < -0.3 is 9.71 Å². The van der Waals surface area contributed by atoms with Gasteiger partial charge in [0.05, 0.1) is 28.2 Å². The van der Waals surface area contributed by atoms with Crippen LogP contribution in [0.1, 0.15) is 61.1 Å². The molecule has 5 aromatic rings. The second kappa shape index (κ2) is 8.63. The van der Waals surface area contributed by atoms with Crippen molar-refractivity contribution in [3.63, 3.8) is 0 Å². The molecular formula is C38H29BN4. The minimum absolute atomic E-state index is 0.218. The normalized spacial score (nSPS) is 16.1. The van der Waals surface area contributed by atoms with E-state index in [1.165, 1.54) is 22.5 Å². The fourth-order valence-corrected chi connectivity index (χ4v) is 7.93. The molecule has 0 unspecified atom stereocenters. The number of anilines is 5. The quantitative estimate of drug-likeness (QED) is 0.203. The van der Waals surface area contributed by atoms with Crippen LogP contribution in [0.25, 0.3) is 0 Å². The molecule has 0 aliphatic carbocycles. The van der Waals surface area contributed by atoms with Gasteiger partial charge in [0.25, 0.3) is 0 Å². The smallest absolute Gasteiger partial charge is 0.332 e. The Morgan fingerprint density at radius 1 is 0.512 bits per heavy atom. The highest BCUT2D eigenvalue weighted by atomic mass is 15.2. The predicted octanol–water partition coefficient (Wildman–Crippen LogP) is 7.44. The molecule has 0 amide bonds. The molecule has 5 heteroatoms. The summed E-state index contributed by atoms with van der Waals surface area (Å²) in [5.74, 6) is 0. The topological polar surface area (TPSA) is 54.1 Å². The van der Waals surface area contributed by atoms with Crippen molar-refractivity contribution in [2.24, 2.45) is 0 Å². The molecule has 3 aliphatic heterocycles. The largest absolute Gasteiger partial charge is 0.374 e. The van der Waals surface area contributed by atoms with Gasteiger partial charge in [0.2, 0.25) is 0 Å². The number of hydrogen-bond acceptors (Lipinski definition) is 4. The lowest BCUT2D eigenvalue weighted by molar-refractivity contribution is 0.631. The second-order valence-corrected chi connectivity index (χ2v) is 12.8. The van der Waals surface area contributed by atoms with E-state index in [2.05, 4.69) is 128 Å². The van der Waals surface area contributed by atoms with Gasteiger partial charge in [-0.15, -0.1) is 0 Å². The monoisotopic (exact) mass is 552 g/mol. The maximum absolute atomic E-state index is 10.5. The summed E-state index contributed by atoms with van der Waals surface area (Å²) >= 11 is 0. The van der Waals surface area contributed by atoms with E-state index in [0.29, 0.717) is 11.1 Å². The van der Waals surface area contributed by atoms with Crippen molar-refractivity contribution in [2.45, 2.75) is 38.5 Å². The van der Waals surface area contributed by atoms with Crippen molar-refractivity contribution < 1.29 is 0 Å². The van der Waals surface area contributed by atoms with E-state index in [1.54, 1.807) is 0 Å². The van der Waals surface area contributed by atoms with Crippen LogP contribution in [-0.2, 0) is 10.8 Å². The first-order valence-corrected chi connectivity index (χ1v) is 14.8. The Morgan fingerprint density at radius 3 is 1.60 bits per heavy atom. The molecule has 0 N–H and O–H groups in total. The zero-order chi connectivity index (χ0) is 29.7. The van der Waals surface area contributed by atoms with Crippen molar-refractivity contribution in [1.29, 1.82) is 10.5 Å². The highest BCUT2D eigenvalue weighted by Crippen LogP contribution is 2.55. The molecule has 3 aliphatic rings. The average Bonchev–Trinajstić information content (AvgIpc) is 3.03. The van der Waals surface area contributed by atoms with Gasteiger partial charge in [-0.2, -0.15) is 10.5 Å². The van der Waals surface area contributed by atoms with E-state index in [9.17, 15) is 10.5 Å². The second-order valence-electron chi connectivity index (χ2n) is 12.8. The summed E-state index contributed by atoms with van der Waals surface area (Å²) in [6, 6.07) is 41.1. The average molecular weight is 552 g/mol. The molecule has 8 rings (SSSR count). The molecule has 43 heavy (non-hydrogen) atoms. The summed E-state index contributed by atoms with van der Waals surface area (Å²) in [7, 11) is 0. The van der Waals surface area contributed by atoms with Crippen molar-refractivity contribution in [3.8, 4) is 12.1 Å². The first-order valence-electron chi connectivity index (χ1n) is 14.8. The minimum atomic E-state index is -0.405. The third-order valence-electron chi connectivity index (χ3n) is 9.95. The van der Waals surface area contributed by atoms with Gasteiger partial charge in [-0.1, -0.05) is 107 Å². The van der Waals surface area contributed by atoms with E-state index in [-0.39, 0.29) is 12.3 Å². The van der Waals surface area contributed by atoms with Gasteiger partial charge in [-0.3, -0.25) is 0 Å². The van der Waals surface area contributed by atoms with Gasteiger partial charge in [0, 0.05) is 22.2 Å². The molecule has 0 fully saturated rings. The molecule has 0 saturated carbocycles. The first-order chi connectivity index (χ1) is 20.8. The number of nitrogens with zero attached hydrogens (tertiary/aromatic N) is 4. The van der Waals surface area contributed by atoms with Crippen LogP contribution in [0, 0.1) is 22.7 Å². The molecule has 0 spiro atoms. The third kappa shape index (κ3) is 3.15. The number of benzene rings is 5. The molecule has 0 bridgehead atoms. The molecule has 0 radical (unpaired) electrons. The molecule has 5 aromatic carbocycles. The molecular weight excluding hydrogens is 523 g/mol. The Bertz CT molecular complexity index is 2030. The summed E-state index contributed by atoms with van der Waals surface area (Å²) in [5.41, 5.74) is 12.9. The van der Waals surface area contributed by atoms with Crippen molar-refractivity contribution in [3.05, 3.63) is 137 Å². The Kier molecular flexibility index (Phi) is 5.11. The van der Waals surface area contributed by atoms with E-state index in [4.69, 9.17) is 0 Å². The summed E-state index contributed by atoms with van der Waals surface area (Å²) in [5, 5.41) is 21.0. The lowest BCUT2D eigenvalue weighted by Gasteiger charge is -2.50. The Hall–Kier alpha value is -5.26. The number of hydrogen-bond donors (Lipinski definition) is 0. The van der Waals surface area contributed by atoms with Crippen LogP contribution >= 0.6 is 0 Å². The lowest BCUT2D eigenvalue weighted by atomic mass is 9.44. The molecule has 0 aromatic heterocycles. The SMILES string of the molecule is CC1(C)c2cccc(C#N)c2N(B2c3ccccc3N3c4ccccc4C(C)(C)c4cccc2c43)c2c(C#N)cccc21. The lowest BCUT2D eigenvalue weighted by Crippen LogP contribution is -2.62. The van der Waals surface area contributed by atoms with E-state index in [1.807, 2.05) is 24.3 Å². The first kappa shape index (κ1) is 25.5. The van der Waals surface area contributed by atoms with Crippen LogP contribution in [0.4, 0.5) is 28.4 Å². The summed E-state index contributed by atoms with van der Waals surface area (Å²) in [6.07, 6.45) is 0. The number of rotatable bonds is 1. The highest BCUT2D eigenvalue weighted by molar-refractivity contribution is 6.92. The standard InChI is InChI=1S/C38H29BN4/c1-37(2)26-14-5-7-20-32(26)42-33-21-8-6-18-30(33)39(31-19-11-17-29(37)36(31)42)43-34-24(22-40)12-9-15-27(34)38(3,4)28-16-10-13-25(23-41)35(28)43/h5-21H,1-4H3. The van der Waals surface area contributed by atoms with Crippen molar-refractivity contribution in [2.75, 3.05) is 9.71 Å². The van der Waals surface area contributed by atoms with E-state index >= 15 is 0 Å². The van der Waals surface area contributed by atoms with E-state index in [0.717, 1.165) is 39.1 Å². The fourth-order valence-electron chi connectivity index (χ4n) is 7.93. The Labute approximate surface area is 253 Å². The number of nitriles is 2. The van der Waals surface area contributed by atoms with Crippen LogP contribution in [0.5, 0.6) is 0 Å². The van der Waals surface area contributed by atoms with Gasteiger partial charge in [0.15, 0.2) is 0 Å². The van der Waals surface area contributed by atoms with Crippen molar-refractivity contribution in [1.82, 2.24) is 0 Å². The Morgan fingerprint density at radius 2 is 0.977 bits per heavy atom. The van der Waals surface area contributed by atoms with Gasteiger partial charge in [-0.05, 0) is 57.4 Å². The number of fused-ring (bicyclic) bond motifs is 6. The number of para-hydroxylation sites is 5. The maximum Gasteiger partial charge on any atom is 0.332 e. The van der Waals surface area contributed by atoms with E-state index < -0.39 is 5.41 Å². The van der Waals surface area contributed by atoms with Crippen molar-refractivity contribution >= 4 is 46.2 Å². The van der Waals surface area contributed by atoms with Crippen LogP contribution in [0.2, 0.25) is 0 Å². The zero-order valence-electron chi connectivity index (χ0n) is 24.7. The van der Waals surface area contributed by atoms with Gasteiger partial charge in [-0.25, -0.2) is 0 Å². The predicted molar refractivity (Wildman–Crippen MR) is 175 cm³/mol. The minimum Gasteiger partial charge on any atom is -0.374 e. The maximum atomic E-state index is 10.5. The summed E-state index contributed by atoms with van der Waals surface area (Å²) < 4.78 is 0.